The van der Waals surface area contributed by atoms with E-state index in [2.05, 4.69) is 9.97 Å². The minimum atomic E-state index is -0.469. The molecule has 102 valence electrons. The third-order valence-electron chi connectivity index (χ3n) is 2.66. The van der Waals surface area contributed by atoms with E-state index in [0.29, 0.717) is 13.0 Å². The predicted molar refractivity (Wildman–Crippen MR) is 76.6 cm³/mol. The largest absolute Gasteiger partial charge is 0.388 e. The number of hydrogen-bond acceptors (Lipinski definition) is 4. The van der Waals surface area contributed by atoms with Crippen LogP contribution in [0.3, 0.4) is 0 Å². The highest BCUT2D eigenvalue weighted by Crippen LogP contribution is 2.17. The van der Waals surface area contributed by atoms with Crippen LogP contribution in [-0.2, 0) is 0 Å². The molecule has 0 spiro atoms. The van der Waals surface area contributed by atoms with E-state index in [1.165, 1.54) is 0 Å². The van der Waals surface area contributed by atoms with Gasteiger partial charge in [0, 0.05) is 29.3 Å². The Labute approximate surface area is 114 Å². The van der Waals surface area contributed by atoms with Gasteiger partial charge in [-0.05, 0) is 45.0 Å². The van der Waals surface area contributed by atoms with Gasteiger partial charge in [0.05, 0.1) is 6.10 Å². The minimum Gasteiger partial charge on any atom is -0.388 e. The van der Waals surface area contributed by atoms with E-state index < -0.39 is 6.10 Å². The molecule has 2 heterocycles. The van der Waals surface area contributed by atoms with Crippen LogP contribution in [0.15, 0.2) is 42.7 Å². The first kappa shape index (κ1) is 15.3. The van der Waals surface area contributed by atoms with Gasteiger partial charge in [-0.25, -0.2) is 0 Å². The lowest BCUT2D eigenvalue weighted by Gasteiger charge is -2.10. The zero-order valence-corrected chi connectivity index (χ0v) is 11.5. The van der Waals surface area contributed by atoms with Crippen LogP contribution < -0.4 is 5.73 Å². The Bertz CT molecular complexity index is 474. The number of aliphatic hydroxyl groups excluding tert-OH is 1. The summed E-state index contributed by atoms with van der Waals surface area (Å²) < 4.78 is 0. The molecule has 2 aromatic rings. The van der Waals surface area contributed by atoms with E-state index >= 15 is 0 Å². The summed E-state index contributed by atoms with van der Waals surface area (Å²) in [5.74, 6) is 0. The molecule has 2 aromatic heterocycles. The average Bonchev–Trinajstić information content (AvgIpc) is 2.41. The number of nitrogens with zero attached hydrogens (tertiary/aromatic N) is 2. The minimum absolute atomic E-state index is 0.469. The van der Waals surface area contributed by atoms with E-state index in [9.17, 15) is 5.11 Å². The van der Waals surface area contributed by atoms with Crippen LogP contribution in [0, 0.1) is 13.8 Å². The second kappa shape index (κ2) is 8.34. The fraction of sp³-hybridized carbons (Fsp3) is 0.333. The summed E-state index contributed by atoms with van der Waals surface area (Å²) in [4.78, 5) is 8.06. The van der Waals surface area contributed by atoms with Gasteiger partial charge >= 0.3 is 0 Å². The molecule has 0 bridgehead atoms. The Morgan fingerprint density at radius 3 is 2.32 bits per heavy atom. The van der Waals surface area contributed by atoms with Crippen molar-refractivity contribution < 1.29 is 5.11 Å². The Morgan fingerprint density at radius 1 is 1.11 bits per heavy atom. The molecular weight excluding hydrogens is 238 g/mol. The van der Waals surface area contributed by atoms with Crippen LogP contribution in [-0.4, -0.2) is 21.6 Å². The van der Waals surface area contributed by atoms with Crippen molar-refractivity contribution in [2.24, 2.45) is 5.73 Å². The molecule has 0 radical (unpaired) electrons. The lowest BCUT2D eigenvalue weighted by Crippen LogP contribution is -2.08. The quantitative estimate of drug-likeness (QED) is 0.886. The Hall–Kier alpha value is -1.78. The van der Waals surface area contributed by atoms with Gasteiger partial charge < -0.3 is 10.8 Å². The lowest BCUT2D eigenvalue weighted by atomic mass is 10.1. The number of rotatable bonds is 3. The fourth-order valence-electron chi connectivity index (χ4n) is 1.61. The maximum Gasteiger partial charge on any atom is 0.0819 e. The molecule has 3 N–H and O–H groups in total. The summed E-state index contributed by atoms with van der Waals surface area (Å²) >= 11 is 0. The first-order chi connectivity index (χ1) is 9.15. The fourth-order valence-corrected chi connectivity index (χ4v) is 1.61. The van der Waals surface area contributed by atoms with E-state index in [4.69, 9.17) is 5.73 Å². The van der Waals surface area contributed by atoms with Crippen molar-refractivity contribution in [1.82, 2.24) is 9.97 Å². The highest BCUT2D eigenvalue weighted by atomic mass is 16.3. The van der Waals surface area contributed by atoms with Crippen molar-refractivity contribution >= 4 is 0 Å². The zero-order chi connectivity index (χ0) is 14.1. The molecule has 0 aliphatic rings. The number of nitrogens with two attached hydrogens (primary N) is 1. The van der Waals surface area contributed by atoms with Crippen molar-refractivity contribution in [3.05, 3.63) is 59.7 Å². The van der Waals surface area contributed by atoms with E-state index in [1.807, 2.05) is 44.2 Å². The second-order valence-corrected chi connectivity index (χ2v) is 4.24. The molecule has 0 saturated carbocycles. The average molecular weight is 259 g/mol. The summed E-state index contributed by atoms with van der Waals surface area (Å²) in [6, 6.07) is 9.56. The molecule has 1 atom stereocenters. The normalized spacial score (nSPS) is 11.4. The maximum atomic E-state index is 9.58. The van der Waals surface area contributed by atoms with Gasteiger partial charge in [0.25, 0.3) is 0 Å². The van der Waals surface area contributed by atoms with Crippen LogP contribution >= 0.6 is 0 Å². The summed E-state index contributed by atoms with van der Waals surface area (Å²) in [6.07, 6.45) is 3.62. The van der Waals surface area contributed by atoms with Crippen LogP contribution in [0.1, 0.15) is 29.5 Å². The van der Waals surface area contributed by atoms with Gasteiger partial charge in [0.2, 0.25) is 0 Å². The van der Waals surface area contributed by atoms with Crippen molar-refractivity contribution in [1.29, 1.82) is 0 Å². The van der Waals surface area contributed by atoms with Crippen molar-refractivity contribution in [2.75, 3.05) is 6.54 Å². The number of hydrogen-bond donors (Lipinski definition) is 2. The topological polar surface area (TPSA) is 72.0 Å². The number of aryl methyl sites for hydroxylation is 2. The van der Waals surface area contributed by atoms with Gasteiger partial charge in [-0.1, -0.05) is 12.1 Å². The first-order valence-corrected chi connectivity index (χ1v) is 6.32. The zero-order valence-electron chi connectivity index (χ0n) is 11.5. The molecule has 0 aromatic carbocycles. The Balaban J connectivity index is 0.000000218. The summed E-state index contributed by atoms with van der Waals surface area (Å²) in [7, 11) is 0. The second-order valence-electron chi connectivity index (χ2n) is 4.24. The Morgan fingerprint density at radius 2 is 1.84 bits per heavy atom. The molecule has 0 aliphatic heterocycles. The predicted octanol–water partition coefficient (Wildman–Crippen LogP) is 2.16. The molecule has 1 unspecified atom stereocenters. The molecule has 0 fully saturated rings. The molecule has 19 heavy (non-hydrogen) atoms. The van der Waals surface area contributed by atoms with Crippen molar-refractivity contribution in [2.45, 2.75) is 26.4 Å². The molecule has 0 aliphatic carbocycles. The third-order valence-corrected chi connectivity index (χ3v) is 2.66. The Kier molecular flexibility index (Phi) is 6.71. The highest BCUT2D eigenvalue weighted by molar-refractivity contribution is 5.20. The van der Waals surface area contributed by atoms with E-state index in [0.717, 1.165) is 17.0 Å². The van der Waals surface area contributed by atoms with Crippen molar-refractivity contribution in [3.63, 3.8) is 0 Å². The van der Waals surface area contributed by atoms with Crippen LogP contribution in [0.2, 0.25) is 0 Å². The van der Waals surface area contributed by atoms with Gasteiger partial charge in [-0.3, -0.25) is 9.97 Å². The number of pyridine rings is 2. The first-order valence-electron chi connectivity index (χ1n) is 6.32. The van der Waals surface area contributed by atoms with Crippen molar-refractivity contribution in [3.8, 4) is 0 Å². The third kappa shape index (κ3) is 5.59. The van der Waals surface area contributed by atoms with Crippen LogP contribution in [0.5, 0.6) is 0 Å². The molecular formula is C15H21N3O. The summed E-state index contributed by atoms with van der Waals surface area (Å²) in [6.45, 7) is 4.35. The van der Waals surface area contributed by atoms with Crippen LogP contribution in [0.25, 0.3) is 0 Å². The highest BCUT2D eigenvalue weighted by Gasteiger charge is 2.08. The molecule has 0 amide bonds. The maximum absolute atomic E-state index is 9.58. The molecule has 4 nitrogen and oxygen atoms in total. The lowest BCUT2D eigenvalue weighted by molar-refractivity contribution is 0.169. The summed E-state index contributed by atoms with van der Waals surface area (Å²) in [5.41, 5.74) is 8.16. The SMILES string of the molecule is Cc1ccccn1.Cc1ncccc1C(O)CCN. The number of aromatic nitrogens is 2. The standard InChI is InChI=1S/C9H14N2O.C6H7N/c1-7-8(3-2-6-11-7)9(12)4-5-10;1-6-4-2-3-5-7-6/h2-3,6,9,12H,4-5,10H2,1H3;2-5H,1H3. The van der Waals surface area contributed by atoms with Gasteiger partial charge in [-0.15, -0.1) is 0 Å². The van der Waals surface area contributed by atoms with Gasteiger partial charge in [0.15, 0.2) is 0 Å². The molecule has 2 rings (SSSR count). The van der Waals surface area contributed by atoms with Crippen LogP contribution in [0.4, 0.5) is 0 Å². The molecule has 4 heteroatoms. The number of aliphatic hydroxyl groups is 1. The van der Waals surface area contributed by atoms with Gasteiger partial charge in [-0.2, -0.15) is 0 Å². The molecule has 0 saturated heterocycles. The van der Waals surface area contributed by atoms with E-state index in [-0.39, 0.29) is 0 Å². The monoisotopic (exact) mass is 259 g/mol. The summed E-state index contributed by atoms with van der Waals surface area (Å²) in [5, 5.41) is 9.58. The van der Waals surface area contributed by atoms with E-state index in [1.54, 1.807) is 12.4 Å². The smallest absolute Gasteiger partial charge is 0.0819 e. The van der Waals surface area contributed by atoms with Gasteiger partial charge in [0.1, 0.15) is 0 Å².